The molecule has 0 unspecified atom stereocenters. The Labute approximate surface area is 172 Å². The third kappa shape index (κ3) is 4.17. The van der Waals surface area contributed by atoms with Crippen molar-refractivity contribution in [1.82, 2.24) is 20.0 Å². The Morgan fingerprint density at radius 3 is 2.72 bits per heavy atom. The Morgan fingerprint density at radius 1 is 1.17 bits per heavy atom. The minimum atomic E-state index is 0.102. The second-order valence-electron chi connectivity index (χ2n) is 6.39. The lowest BCUT2D eigenvalue weighted by Crippen LogP contribution is -2.00. The molecule has 146 valence electrons. The van der Waals surface area contributed by atoms with Gasteiger partial charge < -0.3 is 5.11 Å². The number of aromatic nitrogens is 4. The molecule has 29 heavy (non-hydrogen) atoms. The molecule has 4 aromatic rings. The van der Waals surface area contributed by atoms with Crippen molar-refractivity contribution in [3.05, 3.63) is 70.9 Å². The maximum atomic E-state index is 10.3. The molecule has 0 atom stereocenters. The van der Waals surface area contributed by atoms with Crippen molar-refractivity contribution in [2.75, 3.05) is 5.43 Å². The predicted octanol–water partition coefficient (Wildman–Crippen LogP) is 4.41. The summed E-state index contributed by atoms with van der Waals surface area (Å²) >= 11 is 1.47. The summed E-state index contributed by atoms with van der Waals surface area (Å²) in [6.07, 6.45) is 2.37. The Balaban J connectivity index is 1.45. The molecule has 2 heterocycles. The van der Waals surface area contributed by atoms with Crippen LogP contribution in [-0.2, 0) is 6.42 Å². The molecule has 0 radical (unpaired) electrons. The van der Waals surface area contributed by atoms with Crippen LogP contribution >= 0.6 is 11.3 Å². The van der Waals surface area contributed by atoms with E-state index < -0.39 is 0 Å². The average Bonchev–Trinajstić information content (AvgIpc) is 3.36. The molecular weight excluding hydrogens is 384 g/mol. The van der Waals surface area contributed by atoms with E-state index in [0.29, 0.717) is 16.4 Å². The topological polar surface area (TPSA) is 88.2 Å². The summed E-state index contributed by atoms with van der Waals surface area (Å²) in [4.78, 5) is 6.05. The number of aryl methyl sites for hydroxylation is 2. The fourth-order valence-corrected chi connectivity index (χ4v) is 3.51. The van der Waals surface area contributed by atoms with Gasteiger partial charge in [-0.1, -0.05) is 37.3 Å². The lowest BCUT2D eigenvalue weighted by molar-refractivity contribution is 0.473. The zero-order valence-corrected chi connectivity index (χ0v) is 16.9. The SMILES string of the molecule is CCc1nn(-c2ccc(C=NNc3nc(-c4ccccc4)cs3)c(O)c2)nc1C. The molecule has 2 aromatic heterocycles. The molecule has 0 aliphatic carbocycles. The Morgan fingerprint density at radius 2 is 2.00 bits per heavy atom. The van der Waals surface area contributed by atoms with E-state index in [1.54, 1.807) is 18.3 Å². The number of nitrogens with zero attached hydrogens (tertiary/aromatic N) is 5. The Hall–Kier alpha value is -3.52. The third-order valence-electron chi connectivity index (χ3n) is 4.40. The monoisotopic (exact) mass is 404 g/mol. The number of phenolic OH excluding ortho intramolecular Hbond substituents is 1. The van der Waals surface area contributed by atoms with E-state index in [1.165, 1.54) is 16.1 Å². The largest absolute Gasteiger partial charge is 0.507 e. The number of hydrogen-bond donors (Lipinski definition) is 2. The van der Waals surface area contributed by atoms with Crippen molar-refractivity contribution in [2.24, 2.45) is 5.10 Å². The van der Waals surface area contributed by atoms with Gasteiger partial charge in [0.1, 0.15) is 5.75 Å². The van der Waals surface area contributed by atoms with E-state index in [9.17, 15) is 5.11 Å². The molecule has 2 aromatic carbocycles. The van der Waals surface area contributed by atoms with Crippen LogP contribution < -0.4 is 5.43 Å². The van der Waals surface area contributed by atoms with Crippen LogP contribution in [0.25, 0.3) is 16.9 Å². The standard InChI is InChI=1S/C21H20N6OS/c1-3-18-14(2)25-27(26-18)17-10-9-16(20(28)11-17)12-22-24-21-23-19(13-29-21)15-7-5-4-6-8-15/h4-13,28H,3H2,1-2H3,(H,23,24). The fourth-order valence-electron chi connectivity index (χ4n) is 2.84. The number of benzene rings is 2. The summed E-state index contributed by atoms with van der Waals surface area (Å²) < 4.78 is 0. The Kier molecular flexibility index (Phi) is 5.35. The molecular formula is C21H20N6OS. The van der Waals surface area contributed by atoms with E-state index in [1.807, 2.05) is 55.6 Å². The molecule has 0 amide bonds. The van der Waals surface area contributed by atoms with Crippen LogP contribution in [0.2, 0.25) is 0 Å². The normalized spacial score (nSPS) is 11.2. The van der Waals surface area contributed by atoms with E-state index in [4.69, 9.17) is 0 Å². The summed E-state index contributed by atoms with van der Waals surface area (Å²) in [5.41, 5.74) is 7.98. The quantitative estimate of drug-likeness (QED) is 0.367. The molecule has 0 aliphatic heterocycles. The number of hydrazone groups is 1. The number of nitrogens with one attached hydrogen (secondary N) is 1. The molecule has 0 bridgehead atoms. The van der Waals surface area contributed by atoms with Gasteiger partial charge in [-0.25, -0.2) is 4.98 Å². The number of thiazole rings is 1. The molecule has 0 fully saturated rings. The van der Waals surface area contributed by atoms with Gasteiger partial charge in [0, 0.05) is 22.6 Å². The van der Waals surface area contributed by atoms with Crippen molar-refractivity contribution >= 4 is 22.7 Å². The van der Waals surface area contributed by atoms with E-state index in [2.05, 4.69) is 25.7 Å². The molecule has 4 rings (SSSR count). The van der Waals surface area contributed by atoms with Crippen molar-refractivity contribution in [3.8, 4) is 22.7 Å². The minimum absolute atomic E-state index is 0.102. The summed E-state index contributed by atoms with van der Waals surface area (Å²) in [6.45, 7) is 3.97. The van der Waals surface area contributed by atoms with E-state index in [-0.39, 0.29) is 5.75 Å². The lowest BCUT2D eigenvalue weighted by Gasteiger charge is -2.03. The number of aromatic hydroxyl groups is 1. The highest BCUT2D eigenvalue weighted by Gasteiger charge is 2.09. The zero-order valence-electron chi connectivity index (χ0n) is 16.1. The molecule has 0 spiro atoms. The van der Waals surface area contributed by atoms with Crippen molar-refractivity contribution in [3.63, 3.8) is 0 Å². The smallest absolute Gasteiger partial charge is 0.203 e. The van der Waals surface area contributed by atoms with Crippen molar-refractivity contribution in [1.29, 1.82) is 0 Å². The van der Waals surface area contributed by atoms with Crippen LogP contribution in [0.5, 0.6) is 5.75 Å². The molecule has 7 nitrogen and oxygen atoms in total. The fraction of sp³-hybridized carbons (Fsp3) is 0.143. The zero-order chi connectivity index (χ0) is 20.2. The number of hydrogen-bond acceptors (Lipinski definition) is 7. The first-order chi connectivity index (χ1) is 14.1. The van der Waals surface area contributed by atoms with Crippen LogP contribution in [0.1, 0.15) is 23.9 Å². The van der Waals surface area contributed by atoms with Crippen LogP contribution in [0.3, 0.4) is 0 Å². The van der Waals surface area contributed by atoms with E-state index >= 15 is 0 Å². The summed E-state index contributed by atoms with van der Waals surface area (Å²) in [7, 11) is 0. The van der Waals surface area contributed by atoms with Gasteiger partial charge in [-0.3, -0.25) is 5.43 Å². The highest BCUT2D eigenvalue weighted by Crippen LogP contribution is 2.25. The molecule has 0 saturated carbocycles. The van der Waals surface area contributed by atoms with Crippen LogP contribution in [0, 0.1) is 6.92 Å². The van der Waals surface area contributed by atoms with Crippen molar-refractivity contribution in [2.45, 2.75) is 20.3 Å². The predicted molar refractivity (Wildman–Crippen MR) is 116 cm³/mol. The van der Waals surface area contributed by atoms with Gasteiger partial charge in [0.05, 0.1) is 29.0 Å². The highest BCUT2D eigenvalue weighted by atomic mass is 32.1. The van der Waals surface area contributed by atoms with Gasteiger partial charge in [-0.15, -0.1) is 11.3 Å². The summed E-state index contributed by atoms with van der Waals surface area (Å²) in [6, 6.07) is 15.2. The van der Waals surface area contributed by atoms with Gasteiger partial charge in [-0.2, -0.15) is 20.1 Å². The maximum absolute atomic E-state index is 10.3. The Bertz CT molecular complexity index is 1150. The minimum Gasteiger partial charge on any atom is -0.507 e. The number of anilines is 1. The van der Waals surface area contributed by atoms with Gasteiger partial charge in [0.2, 0.25) is 5.13 Å². The number of rotatable bonds is 6. The third-order valence-corrected chi connectivity index (χ3v) is 5.14. The maximum Gasteiger partial charge on any atom is 0.203 e. The van der Waals surface area contributed by atoms with Crippen molar-refractivity contribution < 1.29 is 5.11 Å². The lowest BCUT2D eigenvalue weighted by atomic mass is 10.2. The average molecular weight is 404 g/mol. The van der Waals surface area contributed by atoms with Gasteiger partial charge in [0.15, 0.2) is 0 Å². The van der Waals surface area contributed by atoms with Gasteiger partial charge in [-0.05, 0) is 25.5 Å². The molecule has 2 N–H and O–H groups in total. The van der Waals surface area contributed by atoms with Gasteiger partial charge >= 0.3 is 0 Å². The van der Waals surface area contributed by atoms with Crippen LogP contribution in [-0.4, -0.2) is 31.3 Å². The first-order valence-corrected chi connectivity index (χ1v) is 10.1. The first-order valence-electron chi connectivity index (χ1n) is 9.20. The first kappa shape index (κ1) is 18.8. The molecule has 0 saturated heterocycles. The molecule has 0 aliphatic rings. The molecule has 8 heteroatoms. The second-order valence-corrected chi connectivity index (χ2v) is 7.25. The van der Waals surface area contributed by atoms with Crippen LogP contribution in [0.15, 0.2) is 59.0 Å². The summed E-state index contributed by atoms with van der Waals surface area (Å²) in [5.74, 6) is 0.102. The van der Waals surface area contributed by atoms with Crippen LogP contribution in [0.4, 0.5) is 5.13 Å². The second kappa shape index (κ2) is 8.24. The highest BCUT2D eigenvalue weighted by molar-refractivity contribution is 7.14. The summed E-state index contributed by atoms with van der Waals surface area (Å²) in [5, 5.41) is 26.0. The van der Waals surface area contributed by atoms with Gasteiger partial charge in [0.25, 0.3) is 0 Å². The number of phenols is 1. The van der Waals surface area contributed by atoms with E-state index in [0.717, 1.165) is 29.1 Å².